The van der Waals surface area contributed by atoms with Gasteiger partial charge < -0.3 is 97.5 Å². The molecule has 12 aromatic rings. The van der Waals surface area contributed by atoms with Crippen molar-refractivity contribution in [3.8, 4) is 28.6 Å². The van der Waals surface area contributed by atoms with Gasteiger partial charge in [-0.15, -0.1) is 0 Å². The van der Waals surface area contributed by atoms with E-state index in [0.717, 1.165) is 84.4 Å². The van der Waals surface area contributed by atoms with E-state index in [-0.39, 0.29) is 86.1 Å². The molecule has 10 heterocycles. The number of nitriles is 1. The first kappa shape index (κ1) is 99.6. The molecular weight excluding hydrogens is 1720 g/mol. The van der Waals surface area contributed by atoms with Crippen molar-refractivity contribution in [2.24, 2.45) is 5.73 Å². The maximum absolute atomic E-state index is 13.5. The Hall–Kier alpha value is -14.0. The number of alkyl halides is 1. The van der Waals surface area contributed by atoms with Gasteiger partial charge in [-0.1, -0.05) is 28.1 Å². The lowest BCUT2D eigenvalue weighted by Crippen LogP contribution is -3.00. The average Bonchev–Trinajstić information content (AvgIpc) is 1.65. The van der Waals surface area contributed by atoms with Crippen molar-refractivity contribution in [1.82, 2.24) is 85.6 Å². The summed E-state index contributed by atoms with van der Waals surface area (Å²) in [4.78, 5) is 150. The summed E-state index contributed by atoms with van der Waals surface area (Å²) in [6, 6.07) is 24.5. The van der Waals surface area contributed by atoms with Crippen LogP contribution >= 0.6 is 28.6 Å². The van der Waals surface area contributed by atoms with Crippen molar-refractivity contribution >= 4 is 115 Å². The molecule has 0 spiro atoms. The lowest BCUT2D eigenvalue weighted by Gasteiger charge is -2.19. The number of pyridine rings is 5. The van der Waals surface area contributed by atoms with Crippen LogP contribution in [0.25, 0.3) is 55.6 Å². The Morgan fingerprint density at radius 2 is 1.01 bits per heavy atom. The van der Waals surface area contributed by atoms with Crippen molar-refractivity contribution < 1.29 is 98.2 Å². The number of ketones is 1. The van der Waals surface area contributed by atoms with E-state index in [4.69, 9.17) is 40.8 Å². The van der Waals surface area contributed by atoms with Gasteiger partial charge in [-0.2, -0.15) is 17.9 Å². The van der Waals surface area contributed by atoms with Crippen LogP contribution in [0.4, 0.5) is 31.9 Å². The highest BCUT2D eigenvalue weighted by atomic mass is 79.9. The number of nitrogens with one attached hydrogen (secondary N) is 10. The van der Waals surface area contributed by atoms with Gasteiger partial charge in [0.25, 0.3) is 22.9 Å². The molecule has 652 valence electrons. The SMILES string of the molecule is CC(=O)N[C@@H](CS)C(=O)O.CC(C)(C)OC(=O)NCC#N.CC(C)(C)OC(=O)NCC(N)=[NH2+].CC(C)(C)OC(=O)NCc1ncc(-c2c[nH]c3ncccc23)[nH]1.O=C(CBr)c1c[nH]c2ncccc12.O=C(NCc1ncc(-c2c[nH]c3ncccc23)[nH]1)c1cccn(Cc2ccc(F)c(F)c2)c1=O.O=C(O)c1cccn(Cc2ccc(F)c(F)c2)c1=O.[Cl-]. The summed E-state index contributed by atoms with van der Waals surface area (Å²) in [5.74, 6) is -5.78. The number of carboxylic acid groups (broad SMARTS) is 2. The van der Waals surface area contributed by atoms with Crippen molar-refractivity contribution in [2.75, 3.05) is 24.2 Å². The fourth-order valence-electron chi connectivity index (χ4n) is 10.2. The van der Waals surface area contributed by atoms with Gasteiger partial charge in [0.2, 0.25) is 5.91 Å². The highest BCUT2D eigenvalue weighted by molar-refractivity contribution is 9.09. The van der Waals surface area contributed by atoms with Crippen LogP contribution in [-0.4, -0.2) is 170 Å². The molecule has 10 aromatic heterocycles. The minimum Gasteiger partial charge on any atom is -1.00 e. The number of carbonyl (C=O) groups is 8. The molecule has 35 nitrogen and oxygen atoms in total. The first-order chi connectivity index (χ1) is 57.6. The maximum atomic E-state index is 13.5. The standard InChI is InChI=1S/C24H18F2N6O2.C16H19N5O2.C13H9F2NO3.C9H7BrN2O.C7H15N3O2.C7H12N2O2.C5H9NO3S.ClH/c25-18-6-5-14(9-19(18)26)13-32-8-2-4-16(24(32)34)23(33)30-12-21-28-11-20(31-21)17-10-29-22-15(17)3-1-7-27-22;1-16(2,3)23-15(22)20-9-13-18-8-12(21-13)11-7-19-14-10(11)5-4-6-17-14;14-10-4-3-8(6-11(10)15)7-16-5-1-2-9(12(16)17)13(18)19;10-4-8(13)7-5-12-9-6(7)2-1-3-11-9;1-7(2,3)12-6(11)10-4-5(8)9;1-7(2,3)11-6(10)9-5-4-8;1-3(7)6-4(2-10)5(8)9;/h1-11H,12-13H2,(H,27,29)(H,28,31)(H,30,33);4-8H,9H2,1-3H3,(H,17,19)(H,18,21)(H,20,22);1-6H,7H2,(H,18,19);1-3,5H,4H2,(H,11,12);4H2,1-3H3,(H3,8,9)(H,10,11);5H2,1-3H3,(H,9,10);4,10H,2H2,1H3,(H,6,7)(H,8,9);1H/t;;;;;;4-;/m......0./s1. The Balaban J connectivity index is 0.000000268. The smallest absolute Gasteiger partial charge is 0.408 e. The number of carboxylic acids is 2. The van der Waals surface area contributed by atoms with Gasteiger partial charge >= 0.3 is 30.2 Å². The number of amidine groups is 1. The molecular formula is C81H90BrClF4N20O15S. The van der Waals surface area contributed by atoms with Crippen molar-refractivity contribution in [3.63, 3.8) is 0 Å². The topological polar surface area (TPSA) is 528 Å². The minimum absolute atomic E-state index is 0. The van der Waals surface area contributed by atoms with Gasteiger partial charge in [-0.05, 0) is 158 Å². The molecule has 0 aliphatic rings. The number of alkyl carbamates (subject to hydrolysis) is 3. The van der Waals surface area contributed by atoms with E-state index in [2.05, 4.69) is 105 Å². The van der Waals surface area contributed by atoms with Gasteiger partial charge in [0.1, 0.15) is 75.7 Å². The quantitative estimate of drug-likeness (QED) is 0.00563. The lowest BCUT2D eigenvalue weighted by molar-refractivity contribution is -0.140. The zero-order valence-corrected chi connectivity index (χ0v) is 71.1. The van der Waals surface area contributed by atoms with Crippen molar-refractivity contribution in [1.29, 1.82) is 5.26 Å². The van der Waals surface area contributed by atoms with E-state index in [1.54, 1.807) is 90.9 Å². The number of imidazole rings is 2. The maximum Gasteiger partial charge on any atom is 0.408 e. The number of benzene rings is 2. The van der Waals surface area contributed by atoms with Crippen LogP contribution in [0.1, 0.15) is 123 Å². The fraction of sp³-hybridized carbons (Fsp3) is 0.272. The number of aromatic nitrogens is 12. The minimum atomic E-state index is -1.33. The van der Waals surface area contributed by atoms with E-state index in [0.29, 0.717) is 33.7 Å². The summed E-state index contributed by atoms with van der Waals surface area (Å²) in [6.45, 7) is 17.8. The third-order valence-electron chi connectivity index (χ3n) is 15.4. The number of fused-ring (bicyclic) bond motifs is 3. The number of aromatic carboxylic acids is 1. The number of nitrogens with zero attached hydrogens (tertiary/aromatic N) is 8. The summed E-state index contributed by atoms with van der Waals surface area (Å²) >= 11 is 6.87. The predicted octanol–water partition coefficient (Wildman–Crippen LogP) is 6.53. The third-order valence-corrected chi connectivity index (χ3v) is 16.3. The third kappa shape index (κ3) is 32.9. The number of halogens is 6. The van der Waals surface area contributed by atoms with E-state index in [9.17, 15) is 65.5 Å². The molecule has 0 saturated heterocycles. The zero-order valence-electron chi connectivity index (χ0n) is 67.9. The molecule has 0 unspecified atom stereocenters. The van der Waals surface area contributed by atoms with Crippen LogP contribution in [0.3, 0.4) is 0 Å². The van der Waals surface area contributed by atoms with Gasteiger partial charge in [-0.25, -0.2) is 66.5 Å². The number of rotatable bonds is 20. The molecule has 42 heteroatoms. The lowest BCUT2D eigenvalue weighted by atomic mass is 10.2. The molecule has 12 rings (SSSR count). The summed E-state index contributed by atoms with van der Waals surface area (Å²) < 4.78 is 69.8. The summed E-state index contributed by atoms with van der Waals surface area (Å²) in [5, 5.41) is 45.8. The van der Waals surface area contributed by atoms with E-state index in [1.807, 2.05) is 69.6 Å². The highest BCUT2D eigenvalue weighted by Crippen LogP contribution is 2.28. The number of amides is 5. The van der Waals surface area contributed by atoms with Crippen LogP contribution in [0.5, 0.6) is 0 Å². The van der Waals surface area contributed by atoms with E-state index in [1.165, 1.54) is 54.2 Å². The molecule has 2 aromatic carbocycles. The largest absolute Gasteiger partial charge is 1.00 e. The molecule has 0 radical (unpaired) electrons. The molecule has 1 atom stereocenters. The van der Waals surface area contributed by atoms with E-state index < -0.39 is 93.4 Å². The first-order valence-electron chi connectivity index (χ1n) is 36.5. The van der Waals surface area contributed by atoms with Crippen LogP contribution in [0.2, 0.25) is 0 Å². The number of hydrogen-bond acceptors (Lipinski definition) is 20. The number of thiol groups is 1. The van der Waals surface area contributed by atoms with Gasteiger partial charge in [0, 0.05) is 95.1 Å². The number of nitrogens with two attached hydrogens (primary N) is 2. The highest BCUT2D eigenvalue weighted by Gasteiger charge is 2.22. The second kappa shape index (κ2) is 47.1. The van der Waals surface area contributed by atoms with Crippen molar-refractivity contribution in [3.05, 3.63) is 242 Å². The van der Waals surface area contributed by atoms with Gasteiger partial charge in [0.15, 0.2) is 29.1 Å². The van der Waals surface area contributed by atoms with Crippen molar-refractivity contribution in [2.45, 2.75) is 118 Å². The number of aliphatic carboxylic acids is 1. The fourth-order valence-corrected chi connectivity index (χ4v) is 10.7. The van der Waals surface area contributed by atoms with Gasteiger partial charge in [-0.3, -0.25) is 35.1 Å². The normalized spacial score (nSPS) is 10.9. The van der Waals surface area contributed by atoms with E-state index >= 15 is 0 Å². The Labute approximate surface area is 719 Å². The second-order valence-electron chi connectivity index (χ2n) is 28.6. The Kier molecular flexibility index (Phi) is 38.1. The number of carbonyl (C=O) groups excluding carboxylic acids is 6. The number of ether oxygens (including phenoxy) is 3. The summed E-state index contributed by atoms with van der Waals surface area (Å²) in [5.41, 5.74) is 9.25. The average molecular weight is 1810 g/mol. The molecule has 0 bridgehead atoms. The molecule has 0 aliphatic carbocycles. The van der Waals surface area contributed by atoms with Crippen LogP contribution in [0.15, 0.2) is 169 Å². The molecule has 0 aliphatic heterocycles. The summed E-state index contributed by atoms with van der Waals surface area (Å²) in [6.07, 6.45) is 15.3. The number of hydrogen-bond donors (Lipinski definition) is 15. The number of Topliss-reactive ketones (excluding diaryl/α,β-unsaturated/α-hetero) is 1. The van der Waals surface area contributed by atoms with Crippen LogP contribution < -0.4 is 61.3 Å². The second-order valence-corrected chi connectivity index (χ2v) is 29.5. The summed E-state index contributed by atoms with van der Waals surface area (Å²) in [7, 11) is 0. The Bertz CT molecular complexity index is 5830. The first-order valence-corrected chi connectivity index (χ1v) is 38.3. The molecule has 123 heavy (non-hydrogen) atoms. The molecule has 5 amide bonds. The number of H-pyrrole nitrogens is 5. The molecule has 0 fully saturated rings. The zero-order chi connectivity index (χ0) is 90.2. The monoisotopic (exact) mass is 1800 g/mol. The van der Waals surface area contributed by atoms with Crippen LogP contribution in [-0.2, 0) is 50.0 Å². The molecule has 0 saturated carbocycles. The predicted molar refractivity (Wildman–Crippen MR) is 449 cm³/mol. The Morgan fingerprint density at radius 1 is 0.585 bits per heavy atom. The van der Waals surface area contributed by atoms with Crippen LogP contribution in [0, 0.1) is 34.6 Å². The Morgan fingerprint density at radius 3 is 1.41 bits per heavy atom. The number of aromatic amines is 5. The van der Waals surface area contributed by atoms with Gasteiger partial charge in [0.05, 0.1) is 61.4 Å². The molecule has 16 N–H and O–H groups in total.